The molecular formula is C22H23Br2NO5. The molecule has 3 aliphatic rings. The van der Waals surface area contributed by atoms with Crippen molar-refractivity contribution in [2.75, 3.05) is 11.5 Å². The number of esters is 1. The van der Waals surface area contributed by atoms with Crippen molar-refractivity contribution in [1.82, 2.24) is 0 Å². The van der Waals surface area contributed by atoms with Gasteiger partial charge in [0.15, 0.2) is 12.4 Å². The van der Waals surface area contributed by atoms with Gasteiger partial charge >= 0.3 is 5.97 Å². The number of carbonyl (C=O) groups excluding carboxylic acids is 4. The number of anilines is 1. The van der Waals surface area contributed by atoms with Crippen LogP contribution >= 0.6 is 31.9 Å². The number of para-hydroxylation sites is 1. The molecule has 4 rings (SSSR count). The average Bonchev–Trinajstić information content (AvgIpc) is 3.30. The first-order valence-corrected chi connectivity index (χ1v) is 11.8. The van der Waals surface area contributed by atoms with Gasteiger partial charge < -0.3 is 4.74 Å². The summed E-state index contributed by atoms with van der Waals surface area (Å²) >= 11 is 7.35. The molecule has 1 aliphatic heterocycles. The van der Waals surface area contributed by atoms with Gasteiger partial charge in [0.05, 0.1) is 23.1 Å². The summed E-state index contributed by atoms with van der Waals surface area (Å²) in [4.78, 5) is 52.8. The third-order valence-electron chi connectivity index (χ3n) is 6.52. The Hall–Kier alpha value is -1.54. The van der Waals surface area contributed by atoms with Crippen LogP contribution in [0.25, 0.3) is 0 Å². The lowest BCUT2D eigenvalue weighted by Crippen LogP contribution is -2.37. The summed E-state index contributed by atoms with van der Waals surface area (Å²) in [6.45, 7) is 4.89. The predicted octanol–water partition coefficient (Wildman–Crippen LogP) is 3.74. The number of carbonyl (C=O) groups is 4. The van der Waals surface area contributed by atoms with Crippen molar-refractivity contribution < 1.29 is 23.9 Å². The molecule has 6 nitrogen and oxygen atoms in total. The topological polar surface area (TPSA) is 80.8 Å². The highest BCUT2D eigenvalue weighted by atomic mass is 79.9. The first-order chi connectivity index (χ1) is 14.0. The number of alkyl halides is 2. The van der Waals surface area contributed by atoms with Gasteiger partial charge in [-0.25, -0.2) is 9.69 Å². The van der Waals surface area contributed by atoms with Gasteiger partial charge in [-0.1, -0.05) is 64.8 Å². The SMILES string of the molecule is CC(C)(C)C(=O)COC(=O)c1ccccc1N1C(=O)[C@@H]2[C@H]3C[C@@H]([C@H](Br)[C@@H]3Br)[C@@H]2C1=O. The molecule has 3 fully saturated rings. The molecule has 0 aromatic heterocycles. The molecule has 160 valence electrons. The standard InChI is InChI=1S/C22H23Br2NO5/c1-22(2,3)14(26)9-30-21(29)10-6-4-5-7-13(10)25-19(27)15-11-8-12(16(15)20(25)28)18(24)17(11)23/h4-7,11-12,15-18H,8-9H2,1-3H3/t11-,12-,15-,16+,17-,18+/m1/s1. The molecule has 1 heterocycles. The molecule has 8 heteroatoms. The monoisotopic (exact) mass is 539 g/mol. The molecule has 0 N–H and O–H groups in total. The molecular weight excluding hydrogens is 518 g/mol. The first kappa shape index (κ1) is 21.7. The number of halogens is 2. The second-order valence-electron chi connectivity index (χ2n) is 9.28. The van der Waals surface area contributed by atoms with E-state index in [1.165, 1.54) is 6.07 Å². The van der Waals surface area contributed by atoms with Gasteiger partial charge in [0.25, 0.3) is 0 Å². The predicted molar refractivity (Wildman–Crippen MR) is 118 cm³/mol. The van der Waals surface area contributed by atoms with Crippen LogP contribution in [0.1, 0.15) is 37.6 Å². The second-order valence-corrected chi connectivity index (χ2v) is 11.4. The smallest absolute Gasteiger partial charge is 0.340 e. The van der Waals surface area contributed by atoms with Crippen LogP contribution in [-0.2, 0) is 19.1 Å². The molecule has 0 spiro atoms. The first-order valence-electron chi connectivity index (χ1n) is 9.99. The molecule has 0 unspecified atom stereocenters. The molecule has 2 bridgehead atoms. The molecule has 1 aromatic carbocycles. The summed E-state index contributed by atoms with van der Waals surface area (Å²) in [5.41, 5.74) is -0.290. The fourth-order valence-corrected chi connectivity index (χ4v) is 6.73. The van der Waals surface area contributed by atoms with Crippen LogP contribution < -0.4 is 4.90 Å². The van der Waals surface area contributed by atoms with Crippen molar-refractivity contribution >= 4 is 61.1 Å². The molecule has 2 saturated carbocycles. The van der Waals surface area contributed by atoms with E-state index in [4.69, 9.17) is 4.74 Å². The number of amides is 2. The fraction of sp³-hybridized carbons (Fsp3) is 0.545. The Labute approximate surface area is 192 Å². The summed E-state index contributed by atoms with van der Waals surface area (Å²) in [5.74, 6) is -2.00. The Morgan fingerprint density at radius 3 is 2.10 bits per heavy atom. The van der Waals surface area contributed by atoms with Crippen LogP contribution in [0, 0.1) is 29.1 Å². The van der Waals surface area contributed by atoms with E-state index >= 15 is 0 Å². The Bertz CT molecular complexity index is 908. The number of ether oxygens (including phenoxy) is 1. The van der Waals surface area contributed by atoms with E-state index in [1.54, 1.807) is 39.0 Å². The molecule has 1 aromatic rings. The van der Waals surface area contributed by atoms with Crippen LogP contribution in [0.5, 0.6) is 0 Å². The van der Waals surface area contributed by atoms with Crippen molar-refractivity contribution in [3.05, 3.63) is 29.8 Å². The normalized spacial score (nSPS) is 32.5. The molecule has 2 aliphatic carbocycles. The maximum atomic E-state index is 13.3. The number of rotatable bonds is 4. The maximum Gasteiger partial charge on any atom is 0.340 e. The quantitative estimate of drug-likeness (QED) is 0.330. The Balaban J connectivity index is 1.60. The lowest BCUT2D eigenvalue weighted by molar-refractivity contribution is -0.129. The number of benzene rings is 1. The minimum Gasteiger partial charge on any atom is -0.454 e. The number of hydrogen-bond donors (Lipinski definition) is 0. The van der Waals surface area contributed by atoms with E-state index in [0.717, 1.165) is 11.3 Å². The Kier molecular flexibility index (Phi) is 5.46. The van der Waals surface area contributed by atoms with Gasteiger partial charge in [0.1, 0.15) is 0 Å². The van der Waals surface area contributed by atoms with Crippen LogP contribution in [0.3, 0.4) is 0 Å². The number of fused-ring (bicyclic) bond motifs is 5. The van der Waals surface area contributed by atoms with E-state index in [9.17, 15) is 19.2 Å². The van der Waals surface area contributed by atoms with Crippen LogP contribution in [0.2, 0.25) is 0 Å². The van der Waals surface area contributed by atoms with Crippen LogP contribution in [0.4, 0.5) is 5.69 Å². The average molecular weight is 541 g/mol. The minimum atomic E-state index is -0.722. The van der Waals surface area contributed by atoms with Crippen molar-refractivity contribution in [3.63, 3.8) is 0 Å². The highest BCUT2D eigenvalue weighted by Crippen LogP contribution is 2.60. The van der Waals surface area contributed by atoms with Gasteiger partial charge in [0, 0.05) is 15.1 Å². The molecule has 0 radical (unpaired) electrons. The summed E-state index contributed by atoms with van der Waals surface area (Å²) in [7, 11) is 0. The lowest BCUT2D eigenvalue weighted by Gasteiger charge is -2.28. The lowest BCUT2D eigenvalue weighted by atomic mass is 9.81. The van der Waals surface area contributed by atoms with E-state index in [1.807, 2.05) is 0 Å². The number of hydrogen-bond acceptors (Lipinski definition) is 5. The van der Waals surface area contributed by atoms with Gasteiger partial charge in [0.2, 0.25) is 11.8 Å². The van der Waals surface area contributed by atoms with Crippen molar-refractivity contribution in [3.8, 4) is 0 Å². The van der Waals surface area contributed by atoms with Gasteiger partial charge in [-0.15, -0.1) is 0 Å². The number of nitrogens with zero attached hydrogens (tertiary/aromatic N) is 1. The third-order valence-corrected chi connectivity index (χ3v) is 9.73. The van der Waals surface area contributed by atoms with Crippen molar-refractivity contribution in [1.29, 1.82) is 0 Å². The van der Waals surface area contributed by atoms with E-state index in [-0.39, 0.29) is 68.8 Å². The molecule has 2 amide bonds. The summed E-state index contributed by atoms with van der Waals surface area (Å²) in [5, 5.41) is 0. The summed E-state index contributed by atoms with van der Waals surface area (Å²) < 4.78 is 5.22. The number of ketones is 1. The fourth-order valence-electron chi connectivity index (χ4n) is 4.85. The number of imide groups is 1. The molecule has 6 atom stereocenters. The Morgan fingerprint density at radius 2 is 1.57 bits per heavy atom. The van der Waals surface area contributed by atoms with Gasteiger partial charge in [-0.2, -0.15) is 0 Å². The molecule has 1 saturated heterocycles. The minimum absolute atomic E-state index is 0.0920. The Morgan fingerprint density at radius 1 is 1.03 bits per heavy atom. The summed E-state index contributed by atoms with van der Waals surface area (Å²) in [6.07, 6.45) is 0.838. The van der Waals surface area contributed by atoms with Crippen molar-refractivity contribution in [2.24, 2.45) is 29.1 Å². The van der Waals surface area contributed by atoms with E-state index in [2.05, 4.69) is 31.9 Å². The second kappa shape index (κ2) is 7.55. The largest absolute Gasteiger partial charge is 0.454 e. The van der Waals surface area contributed by atoms with Gasteiger partial charge in [-0.05, 0) is 30.4 Å². The van der Waals surface area contributed by atoms with Crippen molar-refractivity contribution in [2.45, 2.75) is 36.8 Å². The summed E-state index contributed by atoms with van der Waals surface area (Å²) in [6, 6.07) is 6.42. The zero-order chi connectivity index (χ0) is 22.0. The van der Waals surface area contributed by atoms with Crippen LogP contribution in [-0.4, -0.2) is 39.8 Å². The maximum absolute atomic E-state index is 13.3. The van der Waals surface area contributed by atoms with E-state index < -0.39 is 11.4 Å². The van der Waals surface area contributed by atoms with E-state index in [0.29, 0.717) is 0 Å². The highest BCUT2D eigenvalue weighted by molar-refractivity contribution is 9.12. The zero-order valence-electron chi connectivity index (χ0n) is 16.9. The number of Topliss-reactive ketones (excluding diaryl/α,β-unsaturated/α-hetero) is 1. The van der Waals surface area contributed by atoms with Crippen LogP contribution in [0.15, 0.2) is 24.3 Å². The third kappa shape index (κ3) is 3.27. The van der Waals surface area contributed by atoms with Gasteiger partial charge in [-0.3, -0.25) is 14.4 Å². The zero-order valence-corrected chi connectivity index (χ0v) is 20.1. The highest BCUT2D eigenvalue weighted by Gasteiger charge is 2.66. The molecule has 30 heavy (non-hydrogen) atoms.